The molecular weight excluding hydrogens is 231 g/mol. The third-order valence-electron chi connectivity index (χ3n) is 2.47. The average molecular weight is 244 g/mol. The van der Waals surface area contributed by atoms with E-state index in [9.17, 15) is 9.18 Å². The normalized spacial score (nSPS) is 10.1. The third-order valence-corrected chi connectivity index (χ3v) is 2.47. The maximum atomic E-state index is 13.2. The van der Waals surface area contributed by atoms with Gasteiger partial charge in [0.2, 0.25) is 0 Å². The van der Waals surface area contributed by atoms with Crippen LogP contribution >= 0.6 is 0 Å². The Balaban J connectivity index is 2.18. The molecule has 92 valence electrons. The fraction of sp³-hybridized carbons (Fsp3) is 0.0714. The SMILES string of the molecule is Cc1cc(F)cc(NC(=O)c2ccc(N)cc2)c1. The number of nitrogen functional groups attached to an aromatic ring is 1. The van der Waals surface area contributed by atoms with Crippen molar-refractivity contribution in [1.82, 2.24) is 0 Å². The first-order chi connectivity index (χ1) is 8.54. The van der Waals surface area contributed by atoms with E-state index in [1.807, 2.05) is 0 Å². The van der Waals surface area contributed by atoms with Crippen molar-refractivity contribution in [2.45, 2.75) is 6.92 Å². The standard InChI is InChI=1S/C14H13FN2O/c1-9-6-11(15)8-13(7-9)17-14(18)10-2-4-12(16)5-3-10/h2-8H,16H2,1H3,(H,17,18). The van der Waals surface area contributed by atoms with Gasteiger partial charge in [-0.1, -0.05) is 0 Å². The van der Waals surface area contributed by atoms with Crippen LogP contribution in [0.3, 0.4) is 0 Å². The van der Waals surface area contributed by atoms with E-state index >= 15 is 0 Å². The zero-order valence-corrected chi connectivity index (χ0v) is 9.91. The molecule has 0 aliphatic rings. The summed E-state index contributed by atoms with van der Waals surface area (Å²) in [6.45, 7) is 1.77. The van der Waals surface area contributed by atoms with Gasteiger partial charge in [-0.25, -0.2) is 4.39 Å². The quantitative estimate of drug-likeness (QED) is 0.798. The number of benzene rings is 2. The molecule has 0 aliphatic heterocycles. The largest absolute Gasteiger partial charge is 0.399 e. The van der Waals surface area contributed by atoms with Gasteiger partial charge in [-0.15, -0.1) is 0 Å². The summed E-state index contributed by atoms with van der Waals surface area (Å²) < 4.78 is 13.2. The Bertz CT molecular complexity index is 559. The summed E-state index contributed by atoms with van der Waals surface area (Å²) in [5.74, 6) is -0.664. The van der Waals surface area contributed by atoms with Crippen LogP contribution in [-0.4, -0.2) is 5.91 Å². The summed E-state index contributed by atoms with van der Waals surface area (Å²) >= 11 is 0. The second-order valence-corrected chi connectivity index (χ2v) is 4.09. The van der Waals surface area contributed by atoms with Crippen molar-refractivity contribution in [2.24, 2.45) is 0 Å². The molecule has 0 saturated carbocycles. The summed E-state index contributed by atoms with van der Waals surface area (Å²) in [6.07, 6.45) is 0. The molecule has 4 heteroatoms. The third kappa shape index (κ3) is 2.85. The van der Waals surface area contributed by atoms with E-state index in [2.05, 4.69) is 5.32 Å². The van der Waals surface area contributed by atoms with Crippen LogP contribution < -0.4 is 11.1 Å². The van der Waals surface area contributed by atoms with E-state index in [0.29, 0.717) is 16.9 Å². The van der Waals surface area contributed by atoms with Crippen LogP contribution in [0.5, 0.6) is 0 Å². The molecule has 3 N–H and O–H groups in total. The minimum absolute atomic E-state index is 0.292. The van der Waals surface area contributed by atoms with Crippen molar-refractivity contribution >= 4 is 17.3 Å². The molecule has 0 heterocycles. The molecule has 2 aromatic carbocycles. The van der Waals surface area contributed by atoms with Gasteiger partial charge in [-0.3, -0.25) is 4.79 Å². The minimum Gasteiger partial charge on any atom is -0.399 e. The molecule has 0 unspecified atom stereocenters. The number of aryl methyl sites for hydroxylation is 1. The summed E-state index contributed by atoms with van der Waals surface area (Å²) in [6, 6.07) is 10.9. The maximum Gasteiger partial charge on any atom is 0.255 e. The molecule has 0 aromatic heterocycles. The van der Waals surface area contributed by atoms with E-state index in [-0.39, 0.29) is 11.7 Å². The van der Waals surface area contributed by atoms with Crippen LogP contribution in [0.1, 0.15) is 15.9 Å². The Morgan fingerprint density at radius 3 is 2.44 bits per heavy atom. The first-order valence-corrected chi connectivity index (χ1v) is 5.49. The lowest BCUT2D eigenvalue weighted by Crippen LogP contribution is -2.12. The Morgan fingerprint density at radius 1 is 1.17 bits per heavy atom. The number of rotatable bonds is 2. The fourth-order valence-corrected chi connectivity index (χ4v) is 1.65. The summed E-state index contributed by atoms with van der Waals surface area (Å²) in [4.78, 5) is 11.9. The molecule has 1 amide bonds. The zero-order chi connectivity index (χ0) is 13.1. The lowest BCUT2D eigenvalue weighted by molar-refractivity contribution is 0.102. The minimum atomic E-state index is -0.373. The van der Waals surface area contributed by atoms with Crippen molar-refractivity contribution in [3.63, 3.8) is 0 Å². The predicted octanol–water partition coefficient (Wildman–Crippen LogP) is 2.97. The van der Waals surface area contributed by atoms with Crippen molar-refractivity contribution < 1.29 is 9.18 Å². The number of anilines is 2. The summed E-state index contributed by atoms with van der Waals surface area (Å²) in [5, 5.41) is 2.64. The fourth-order valence-electron chi connectivity index (χ4n) is 1.65. The zero-order valence-electron chi connectivity index (χ0n) is 9.91. The Morgan fingerprint density at radius 2 is 1.83 bits per heavy atom. The van der Waals surface area contributed by atoms with Gasteiger partial charge in [0.05, 0.1) is 0 Å². The van der Waals surface area contributed by atoms with Crippen LogP contribution in [0.4, 0.5) is 15.8 Å². The highest BCUT2D eigenvalue weighted by atomic mass is 19.1. The van der Waals surface area contributed by atoms with Gasteiger partial charge in [0.15, 0.2) is 0 Å². The molecule has 2 rings (SSSR count). The molecule has 2 aromatic rings. The molecule has 0 bridgehead atoms. The van der Waals surface area contributed by atoms with Gasteiger partial charge < -0.3 is 11.1 Å². The van der Waals surface area contributed by atoms with E-state index in [1.165, 1.54) is 12.1 Å². The topological polar surface area (TPSA) is 55.1 Å². The number of amides is 1. The first kappa shape index (κ1) is 12.1. The molecule has 0 radical (unpaired) electrons. The van der Waals surface area contributed by atoms with Gasteiger partial charge in [0.1, 0.15) is 5.82 Å². The number of hydrogen-bond acceptors (Lipinski definition) is 2. The number of carbonyl (C=O) groups is 1. The van der Waals surface area contributed by atoms with Gasteiger partial charge >= 0.3 is 0 Å². The predicted molar refractivity (Wildman–Crippen MR) is 69.9 cm³/mol. The monoisotopic (exact) mass is 244 g/mol. The lowest BCUT2D eigenvalue weighted by Gasteiger charge is -2.06. The second kappa shape index (κ2) is 4.87. The number of hydrogen-bond donors (Lipinski definition) is 2. The first-order valence-electron chi connectivity index (χ1n) is 5.49. The molecule has 0 saturated heterocycles. The van der Waals surface area contributed by atoms with E-state index in [1.54, 1.807) is 37.3 Å². The number of nitrogens with one attached hydrogen (secondary N) is 1. The second-order valence-electron chi connectivity index (χ2n) is 4.09. The smallest absolute Gasteiger partial charge is 0.255 e. The number of carbonyl (C=O) groups excluding carboxylic acids is 1. The van der Waals surface area contributed by atoms with Crippen LogP contribution in [0, 0.1) is 12.7 Å². The number of nitrogens with two attached hydrogens (primary N) is 1. The Hall–Kier alpha value is -2.36. The van der Waals surface area contributed by atoms with E-state index < -0.39 is 0 Å². The number of halogens is 1. The molecule has 0 spiro atoms. The van der Waals surface area contributed by atoms with Gasteiger partial charge in [0.25, 0.3) is 5.91 Å². The van der Waals surface area contributed by atoms with Crippen molar-refractivity contribution in [3.05, 3.63) is 59.4 Å². The average Bonchev–Trinajstić information content (AvgIpc) is 2.28. The highest BCUT2D eigenvalue weighted by molar-refractivity contribution is 6.04. The van der Waals surface area contributed by atoms with Crippen LogP contribution in [0.15, 0.2) is 42.5 Å². The van der Waals surface area contributed by atoms with Crippen molar-refractivity contribution in [1.29, 1.82) is 0 Å². The van der Waals surface area contributed by atoms with Crippen LogP contribution in [0.25, 0.3) is 0 Å². The highest BCUT2D eigenvalue weighted by Crippen LogP contribution is 2.15. The summed E-state index contributed by atoms with van der Waals surface area (Å²) in [7, 11) is 0. The molecule has 18 heavy (non-hydrogen) atoms. The Kier molecular flexibility index (Phi) is 3.28. The highest BCUT2D eigenvalue weighted by Gasteiger charge is 2.06. The van der Waals surface area contributed by atoms with Gasteiger partial charge in [0, 0.05) is 16.9 Å². The van der Waals surface area contributed by atoms with E-state index in [0.717, 1.165) is 5.56 Å². The van der Waals surface area contributed by atoms with E-state index in [4.69, 9.17) is 5.73 Å². The van der Waals surface area contributed by atoms with Gasteiger partial charge in [-0.05, 0) is 55.0 Å². The van der Waals surface area contributed by atoms with Gasteiger partial charge in [-0.2, -0.15) is 0 Å². The van der Waals surface area contributed by atoms with Crippen molar-refractivity contribution in [2.75, 3.05) is 11.1 Å². The molecule has 0 aliphatic carbocycles. The maximum absolute atomic E-state index is 13.2. The van der Waals surface area contributed by atoms with Crippen LogP contribution in [-0.2, 0) is 0 Å². The molecule has 0 fully saturated rings. The molecule has 3 nitrogen and oxygen atoms in total. The van der Waals surface area contributed by atoms with Crippen LogP contribution in [0.2, 0.25) is 0 Å². The van der Waals surface area contributed by atoms with Crippen molar-refractivity contribution in [3.8, 4) is 0 Å². The molecule has 0 atom stereocenters. The Labute approximate surface area is 104 Å². The molecular formula is C14H13FN2O. The lowest BCUT2D eigenvalue weighted by atomic mass is 10.1. The summed E-state index contributed by atoms with van der Waals surface area (Å²) in [5.41, 5.74) is 7.80.